The van der Waals surface area contributed by atoms with E-state index in [-0.39, 0.29) is 12.2 Å². The van der Waals surface area contributed by atoms with Gasteiger partial charge in [0.15, 0.2) is 0 Å². The van der Waals surface area contributed by atoms with Crippen molar-refractivity contribution in [3.05, 3.63) is 66.2 Å². The van der Waals surface area contributed by atoms with Gasteiger partial charge < -0.3 is 29.2 Å². The molecule has 0 radical (unpaired) electrons. The molecule has 6 heteroatoms. The first kappa shape index (κ1) is 18.7. The van der Waals surface area contributed by atoms with E-state index >= 15 is 0 Å². The van der Waals surface area contributed by atoms with Gasteiger partial charge in [-0.2, -0.15) is 0 Å². The number of rotatable bonds is 4. The molecule has 4 rings (SSSR count). The average Bonchev–Trinajstić information content (AvgIpc) is 3.16. The number of aliphatic hydroxyl groups is 3. The Morgan fingerprint density at radius 2 is 1.82 bits per heavy atom. The summed E-state index contributed by atoms with van der Waals surface area (Å²) < 4.78 is 16.9. The van der Waals surface area contributed by atoms with Gasteiger partial charge in [0.25, 0.3) is 0 Å². The predicted octanol–water partition coefficient (Wildman–Crippen LogP) is 2.82. The van der Waals surface area contributed by atoms with Crippen LogP contribution in [0.1, 0.15) is 11.7 Å². The lowest BCUT2D eigenvalue weighted by molar-refractivity contribution is -0.147. The number of hydrogen-bond acceptors (Lipinski definition) is 6. The standard InChI is InChI=1S/C22H22O6/c1-12-19(11-23)28-22(21(25)20(12)24)14-5-8-17-15(9-14)10-18(27-17)13-3-6-16(26-2)7-4-13/h3-10,19-25H,1,11H2,2H3/t19-,20+,21-,22+/m1/s1. The van der Waals surface area contributed by atoms with Gasteiger partial charge >= 0.3 is 0 Å². The molecule has 1 aromatic heterocycles. The minimum Gasteiger partial charge on any atom is -0.497 e. The molecule has 1 aliphatic heterocycles. The predicted molar refractivity (Wildman–Crippen MR) is 104 cm³/mol. The number of aliphatic hydroxyl groups excluding tert-OH is 3. The molecular formula is C22H22O6. The molecule has 0 amide bonds. The summed E-state index contributed by atoms with van der Waals surface area (Å²) in [6, 6.07) is 14.9. The van der Waals surface area contributed by atoms with Crippen LogP contribution >= 0.6 is 0 Å². The number of fused-ring (bicyclic) bond motifs is 1. The second-order valence-corrected chi connectivity index (χ2v) is 6.87. The van der Waals surface area contributed by atoms with Gasteiger partial charge in [-0.25, -0.2) is 0 Å². The molecule has 0 saturated carbocycles. The van der Waals surface area contributed by atoms with Crippen LogP contribution in [0, 0.1) is 0 Å². The van der Waals surface area contributed by atoms with E-state index in [0.29, 0.717) is 16.9 Å². The molecule has 0 unspecified atom stereocenters. The molecule has 6 nitrogen and oxygen atoms in total. The van der Waals surface area contributed by atoms with Gasteiger partial charge in [-0.05, 0) is 53.6 Å². The minimum absolute atomic E-state index is 0.275. The molecule has 0 bridgehead atoms. The summed E-state index contributed by atoms with van der Waals surface area (Å²) >= 11 is 0. The molecule has 28 heavy (non-hydrogen) atoms. The van der Waals surface area contributed by atoms with E-state index in [1.807, 2.05) is 36.4 Å². The van der Waals surface area contributed by atoms with Crippen LogP contribution in [-0.2, 0) is 4.74 Å². The van der Waals surface area contributed by atoms with Crippen LogP contribution in [0.25, 0.3) is 22.3 Å². The highest BCUT2D eigenvalue weighted by atomic mass is 16.5. The van der Waals surface area contributed by atoms with E-state index in [0.717, 1.165) is 16.7 Å². The minimum atomic E-state index is -1.17. The molecule has 3 N–H and O–H groups in total. The summed E-state index contributed by atoms with van der Waals surface area (Å²) in [6.45, 7) is 3.40. The van der Waals surface area contributed by atoms with E-state index in [2.05, 4.69) is 6.58 Å². The Hall–Kier alpha value is -2.64. The van der Waals surface area contributed by atoms with Crippen molar-refractivity contribution in [2.45, 2.75) is 24.4 Å². The molecule has 2 aromatic carbocycles. The maximum absolute atomic E-state index is 10.4. The molecule has 1 saturated heterocycles. The Labute approximate surface area is 162 Å². The van der Waals surface area contributed by atoms with E-state index in [9.17, 15) is 15.3 Å². The maximum atomic E-state index is 10.4. The topological polar surface area (TPSA) is 92.3 Å². The van der Waals surface area contributed by atoms with Crippen LogP contribution in [0.5, 0.6) is 5.75 Å². The van der Waals surface area contributed by atoms with Gasteiger partial charge in [-0.1, -0.05) is 12.6 Å². The van der Waals surface area contributed by atoms with Gasteiger partial charge in [0.05, 0.1) is 13.7 Å². The second kappa shape index (κ2) is 7.41. The van der Waals surface area contributed by atoms with Crippen molar-refractivity contribution in [3.63, 3.8) is 0 Å². The fourth-order valence-electron chi connectivity index (χ4n) is 3.49. The lowest BCUT2D eigenvalue weighted by Gasteiger charge is -2.38. The summed E-state index contributed by atoms with van der Waals surface area (Å²) in [6.07, 6.45) is -3.83. The summed E-state index contributed by atoms with van der Waals surface area (Å²) in [5.74, 6) is 1.48. The molecule has 1 fully saturated rings. The molecule has 4 atom stereocenters. The molecule has 0 spiro atoms. The van der Waals surface area contributed by atoms with Crippen molar-refractivity contribution in [3.8, 4) is 17.1 Å². The lowest BCUT2D eigenvalue weighted by Crippen LogP contribution is -2.46. The van der Waals surface area contributed by atoms with Crippen LogP contribution in [0.4, 0.5) is 0 Å². The summed E-state index contributed by atoms with van der Waals surface area (Å²) in [5, 5.41) is 31.0. The Morgan fingerprint density at radius 3 is 2.50 bits per heavy atom. The number of ether oxygens (including phenoxy) is 2. The molecular weight excluding hydrogens is 360 g/mol. The van der Waals surface area contributed by atoms with E-state index in [1.165, 1.54) is 0 Å². The number of benzene rings is 2. The first-order valence-electron chi connectivity index (χ1n) is 9.01. The summed E-state index contributed by atoms with van der Waals surface area (Å²) in [4.78, 5) is 0. The third kappa shape index (κ3) is 3.21. The number of hydrogen-bond donors (Lipinski definition) is 3. The van der Waals surface area contributed by atoms with Crippen LogP contribution < -0.4 is 4.74 Å². The zero-order valence-corrected chi connectivity index (χ0v) is 15.4. The van der Waals surface area contributed by atoms with Crippen molar-refractivity contribution < 1.29 is 29.2 Å². The summed E-state index contributed by atoms with van der Waals surface area (Å²) in [7, 11) is 1.62. The van der Waals surface area contributed by atoms with Gasteiger partial charge in [0.1, 0.15) is 41.5 Å². The SMILES string of the molecule is C=C1[C@@H](CO)O[C@@H](c2ccc3oc(-c4ccc(OC)cc4)cc3c2)[C@H](O)[C@H]1O. The van der Waals surface area contributed by atoms with Crippen molar-refractivity contribution >= 4 is 11.0 Å². The quantitative estimate of drug-likeness (QED) is 0.601. The van der Waals surface area contributed by atoms with Crippen LogP contribution in [-0.4, -0.2) is 47.3 Å². The Balaban J connectivity index is 1.66. The third-order valence-corrected chi connectivity index (χ3v) is 5.15. The molecule has 0 aliphatic carbocycles. The van der Waals surface area contributed by atoms with Crippen molar-refractivity contribution in [1.29, 1.82) is 0 Å². The largest absolute Gasteiger partial charge is 0.497 e. The van der Waals surface area contributed by atoms with E-state index < -0.39 is 24.4 Å². The van der Waals surface area contributed by atoms with Crippen LogP contribution in [0.2, 0.25) is 0 Å². The Kier molecular flexibility index (Phi) is 4.95. The van der Waals surface area contributed by atoms with Crippen molar-refractivity contribution in [2.75, 3.05) is 13.7 Å². The van der Waals surface area contributed by atoms with Gasteiger partial charge in [0.2, 0.25) is 0 Å². The molecule has 1 aliphatic rings. The fourth-order valence-corrected chi connectivity index (χ4v) is 3.49. The van der Waals surface area contributed by atoms with Gasteiger partial charge in [-0.3, -0.25) is 0 Å². The zero-order chi connectivity index (χ0) is 19.8. The van der Waals surface area contributed by atoms with Crippen molar-refractivity contribution in [2.24, 2.45) is 0 Å². The summed E-state index contributed by atoms with van der Waals surface area (Å²) in [5.41, 5.74) is 2.58. The number of methoxy groups -OCH3 is 1. The molecule has 2 heterocycles. The van der Waals surface area contributed by atoms with E-state index in [4.69, 9.17) is 13.9 Å². The average molecular weight is 382 g/mol. The second-order valence-electron chi connectivity index (χ2n) is 6.87. The van der Waals surface area contributed by atoms with Gasteiger partial charge in [-0.15, -0.1) is 0 Å². The van der Waals surface area contributed by atoms with Crippen molar-refractivity contribution in [1.82, 2.24) is 0 Å². The molecule has 3 aromatic rings. The highest BCUT2D eigenvalue weighted by molar-refractivity contribution is 5.83. The Morgan fingerprint density at radius 1 is 1.07 bits per heavy atom. The third-order valence-electron chi connectivity index (χ3n) is 5.15. The van der Waals surface area contributed by atoms with Crippen LogP contribution in [0.15, 0.2) is 65.1 Å². The van der Waals surface area contributed by atoms with Crippen LogP contribution in [0.3, 0.4) is 0 Å². The smallest absolute Gasteiger partial charge is 0.135 e. The maximum Gasteiger partial charge on any atom is 0.135 e. The zero-order valence-electron chi connectivity index (χ0n) is 15.4. The molecule has 146 valence electrons. The van der Waals surface area contributed by atoms with Gasteiger partial charge in [0, 0.05) is 10.9 Å². The highest BCUT2D eigenvalue weighted by Gasteiger charge is 2.40. The first-order chi connectivity index (χ1) is 13.5. The normalized spacial score (nSPS) is 25.2. The Bertz CT molecular complexity index is 986. The number of furan rings is 1. The fraction of sp³-hybridized carbons (Fsp3) is 0.273. The van der Waals surface area contributed by atoms with E-state index in [1.54, 1.807) is 19.2 Å². The first-order valence-corrected chi connectivity index (χ1v) is 9.01. The lowest BCUT2D eigenvalue weighted by atomic mass is 9.90. The monoisotopic (exact) mass is 382 g/mol. The highest BCUT2D eigenvalue weighted by Crippen LogP contribution is 2.37.